The maximum Gasteiger partial charge on any atom is 0.252 e. The van der Waals surface area contributed by atoms with Gasteiger partial charge in [-0.1, -0.05) is 48.0 Å². The molecule has 1 aromatic heterocycles. The van der Waals surface area contributed by atoms with E-state index in [0.29, 0.717) is 16.7 Å². The molecule has 0 bridgehead atoms. The molecule has 104 valence electrons. The summed E-state index contributed by atoms with van der Waals surface area (Å²) in [4.78, 5) is 18.9. The molecule has 0 fully saturated rings. The highest BCUT2D eigenvalue weighted by Crippen LogP contribution is 2.19. The number of aromatic nitrogens is 2. The molecule has 0 radical (unpaired) electrons. The van der Waals surface area contributed by atoms with Crippen molar-refractivity contribution in [1.82, 2.24) is 9.97 Å². The Kier molecular flexibility index (Phi) is 3.71. The summed E-state index contributed by atoms with van der Waals surface area (Å²) in [7, 11) is 0. The highest BCUT2D eigenvalue weighted by Gasteiger charge is 2.04. The zero-order chi connectivity index (χ0) is 14.7. The molecule has 2 N–H and O–H groups in total. The summed E-state index contributed by atoms with van der Waals surface area (Å²) in [5, 5.41) is 3.66. The van der Waals surface area contributed by atoms with Crippen LogP contribution in [0.5, 0.6) is 0 Å². The van der Waals surface area contributed by atoms with E-state index in [2.05, 4.69) is 15.3 Å². The molecule has 0 atom stereocenters. The molecule has 0 aliphatic rings. The van der Waals surface area contributed by atoms with Gasteiger partial charge in [0.05, 0.1) is 5.69 Å². The molecule has 5 heteroatoms. The van der Waals surface area contributed by atoms with Crippen LogP contribution >= 0.6 is 11.6 Å². The highest BCUT2D eigenvalue weighted by molar-refractivity contribution is 6.30. The zero-order valence-corrected chi connectivity index (χ0v) is 11.8. The summed E-state index contributed by atoms with van der Waals surface area (Å²) < 4.78 is 0. The number of aromatic amines is 1. The number of anilines is 2. The average Bonchev–Trinajstić information content (AvgIpc) is 2.47. The first-order valence-electron chi connectivity index (χ1n) is 6.40. The highest BCUT2D eigenvalue weighted by atomic mass is 35.5. The van der Waals surface area contributed by atoms with Crippen LogP contribution in [-0.4, -0.2) is 9.97 Å². The van der Waals surface area contributed by atoms with Crippen molar-refractivity contribution < 1.29 is 0 Å². The lowest BCUT2D eigenvalue weighted by atomic mass is 10.1. The van der Waals surface area contributed by atoms with E-state index in [1.807, 2.05) is 42.5 Å². The number of benzene rings is 2. The SMILES string of the molecule is O=c1cc(-c2ccccc2)nc(Nc2cccc(Cl)c2)[nH]1. The first-order chi connectivity index (χ1) is 10.2. The number of nitrogens with one attached hydrogen (secondary N) is 2. The van der Waals surface area contributed by atoms with Gasteiger partial charge in [-0.05, 0) is 18.2 Å². The summed E-state index contributed by atoms with van der Waals surface area (Å²) in [6.45, 7) is 0. The molecule has 3 rings (SSSR count). The lowest BCUT2D eigenvalue weighted by Gasteiger charge is -2.07. The Morgan fingerprint density at radius 3 is 2.57 bits per heavy atom. The van der Waals surface area contributed by atoms with Gasteiger partial charge in [0.15, 0.2) is 0 Å². The van der Waals surface area contributed by atoms with Gasteiger partial charge in [-0.25, -0.2) is 4.98 Å². The fraction of sp³-hybridized carbons (Fsp3) is 0. The van der Waals surface area contributed by atoms with Crippen LogP contribution in [0.4, 0.5) is 11.6 Å². The molecule has 2 aromatic carbocycles. The number of H-pyrrole nitrogens is 1. The van der Waals surface area contributed by atoms with Crippen molar-refractivity contribution in [2.45, 2.75) is 0 Å². The summed E-state index contributed by atoms with van der Waals surface area (Å²) in [5.41, 5.74) is 2.05. The van der Waals surface area contributed by atoms with E-state index in [9.17, 15) is 4.79 Å². The molecule has 3 aromatic rings. The number of halogens is 1. The van der Waals surface area contributed by atoms with Gasteiger partial charge in [0.1, 0.15) is 0 Å². The van der Waals surface area contributed by atoms with Gasteiger partial charge in [-0.15, -0.1) is 0 Å². The van der Waals surface area contributed by atoms with Crippen LogP contribution < -0.4 is 10.9 Å². The van der Waals surface area contributed by atoms with Crippen molar-refractivity contribution in [3.63, 3.8) is 0 Å². The standard InChI is InChI=1S/C16H12ClN3O/c17-12-7-4-8-13(9-12)18-16-19-14(10-15(21)20-16)11-5-2-1-3-6-11/h1-10H,(H2,18,19,20,21). The fourth-order valence-corrected chi connectivity index (χ4v) is 2.17. The summed E-state index contributed by atoms with van der Waals surface area (Å²) in [5.74, 6) is 0.378. The number of nitrogens with zero attached hydrogens (tertiary/aromatic N) is 1. The third-order valence-electron chi connectivity index (χ3n) is 2.90. The van der Waals surface area contributed by atoms with Crippen molar-refractivity contribution in [3.8, 4) is 11.3 Å². The lowest BCUT2D eigenvalue weighted by Crippen LogP contribution is -2.10. The summed E-state index contributed by atoms with van der Waals surface area (Å²) in [6, 6.07) is 18.2. The van der Waals surface area contributed by atoms with E-state index in [1.54, 1.807) is 12.1 Å². The monoisotopic (exact) mass is 297 g/mol. The van der Waals surface area contributed by atoms with E-state index in [4.69, 9.17) is 11.6 Å². The van der Waals surface area contributed by atoms with Gasteiger partial charge in [-0.2, -0.15) is 0 Å². The Morgan fingerprint density at radius 1 is 1.00 bits per heavy atom. The second kappa shape index (κ2) is 5.81. The quantitative estimate of drug-likeness (QED) is 0.772. The molecule has 0 amide bonds. The molecule has 1 heterocycles. The summed E-state index contributed by atoms with van der Waals surface area (Å²) in [6.07, 6.45) is 0. The van der Waals surface area contributed by atoms with Gasteiger partial charge < -0.3 is 5.32 Å². The molecule has 0 saturated carbocycles. The predicted molar refractivity (Wildman–Crippen MR) is 85.0 cm³/mol. The van der Waals surface area contributed by atoms with Crippen molar-refractivity contribution in [2.24, 2.45) is 0 Å². The van der Waals surface area contributed by atoms with E-state index in [-0.39, 0.29) is 5.56 Å². The first kappa shape index (κ1) is 13.4. The van der Waals surface area contributed by atoms with Crippen LogP contribution in [-0.2, 0) is 0 Å². The Morgan fingerprint density at radius 2 is 1.81 bits per heavy atom. The van der Waals surface area contributed by atoms with Gasteiger partial charge in [0, 0.05) is 22.3 Å². The van der Waals surface area contributed by atoms with Crippen molar-refractivity contribution >= 4 is 23.2 Å². The third kappa shape index (κ3) is 3.30. The van der Waals surface area contributed by atoms with E-state index >= 15 is 0 Å². The topological polar surface area (TPSA) is 57.8 Å². The minimum atomic E-state index is -0.214. The predicted octanol–water partition coefficient (Wildman–Crippen LogP) is 3.83. The molecular weight excluding hydrogens is 286 g/mol. The molecule has 0 spiro atoms. The van der Waals surface area contributed by atoms with E-state index in [1.165, 1.54) is 6.07 Å². The Labute approximate surface area is 126 Å². The molecule has 4 nitrogen and oxygen atoms in total. The largest absolute Gasteiger partial charge is 0.326 e. The van der Waals surface area contributed by atoms with Gasteiger partial charge >= 0.3 is 0 Å². The van der Waals surface area contributed by atoms with Crippen LogP contribution in [0, 0.1) is 0 Å². The maximum absolute atomic E-state index is 11.8. The molecule has 0 aliphatic carbocycles. The second-order valence-electron chi connectivity index (χ2n) is 4.48. The normalized spacial score (nSPS) is 10.3. The van der Waals surface area contributed by atoms with Crippen LogP contribution in [0.2, 0.25) is 5.02 Å². The van der Waals surface area contributed by atoms with Crippen molar-refractivity contribution in [2.75, 3.05) is 5.32 Å². The van der Waals surface area contributed by atoms with Crippen molar-refractivity contribution in [3.05, 3.63) is 76.0 Å². The molecule has 0 aliphatic heterocycles. The fourth-order valence-electron chi connectivity index (χ4n) is 1.98. The average molecular weight is 298 g/mol. The van der Waals surface area contributed by atoms with Crippen LogP contribution in [0.1, 0.15) is 0 Å². The van der Waals surface area contributed by atoms with Crippen LogP contribution in [0.3, 0.4) is 0 Å². The third-order valence-corrected chi connectivity index (χ3v) is 3.13. The Bertz CT molecular complexity index is 815. The second-order valence-corrected chi connectivity index (χ2v) is 4.92. The zero-order valence-electron chi connectivity index (χ0n) is 11.0. The molecule has 0 saturated heterocycles. The van der Waals surface area contributed by atoms with Gasteiger partial charge in [-0.3, -0.25) is 9.78 Å². The summed E-state index contributed by atoms with van der Waals surface area (Å²) >= 11 is 5.94. The minimum absolute atomic E-state index is 0.214. The molecule has 21 heavy (non-hydrogen) atoms. The minimum Gasteiger partial charge on any atom is -0.326 e. The van der Waals surface area contributed by atoms with Crippen LogP contribution in [0.15, 0.2) is 65.5 Å². The Balaban J connectivity index is 1.97. The van der Waals surface area contributed by atoms with Crippen molar-refractivity contribution in [1.29, 1.82) is 0 Å². The number of hydrogen-bond donors (Lipinski definition) is 2. The number of hydrogen-bond acceptors (Lipinski definition) is 3. The molecule has 0 unspecified atom stereocenters. The van der Waals surface area contributed by atoms with Gasteiger partial charge in [0.2, 0.25) is 5.95 Å². The van der Waals surface area contributed by atoms with E-state index in [0.717, 1.165) is 11.3 Å². The van der Waals surface area contributed by atoms with Crippen LogP contribution in [0.25, 0.3) is 11.3 Å². The van der Waals surface area contributed by atoms with E-state index < -0.39 is 0 Å². The lowest BCUT2D eigenvalue weighted by molar-refractivity contribution is 1.13. The molecular formula is C16H12ClN3O. The number of rotatable bonds is 3. The Hall–Kier alpha value is -2.59. The first-order valence-corrected chi connectivity index (χ1v) is 6.78. The smallest absolute Gasteiger partial charge is 0.252 e. The maximum atomic E-state index is 11.8. The van der Waals surface area contributed by atoms with Gasteiger partial charge in [0.25, 0.3) is 5.56 Å².